The maximum atomic E-state index is 10.1. The fourth-order valence-corrected chi connectivity index (χ4v) is 0.762. The molecule has 1 heterocycles. The van der Waals surface area contributed by atoms with E-state index in [0.29, 0.717) is 11.9 Å². The minimum absolute atomic E-state index is 0.252. The van der Waals surface area contributed by atoms with Crippen LogP contribution in [0.3, 0.4) is 0 Å². The van der Waals surface area contributed by atoms with Crippen molar-refractivity contribution in [2.75, 3.05) is 0 Å². The lowest BCUT2D eigenvalue weighted by Crippen LogP contribution is -2.09. The van der Waals surface area contributed by atoms with Gasteiger partial charge >= 0.3 is 0 Å². The minimum Gasteiger partial charge on any atom is -0.365 e. The summed E-state index contributed by atoms with van der Waals surface area (Å²) in [7, 11) is 0. The van der Waals surface area contributed by atoms with Crippen molar-refractivity contribution in [3.05, 3.63) is 11.6 Å². The highest BCUT2D eigenvalue weighted by Gasteiger charge is 2.20. The van der Waals surface area contributed by atoms with E-state index in [1.807, 2.05) is 0 Å². The van der Waals surface area contributed by atoms with E-state index in [1.54, 1.807) is 6.92 Å². The third-order valence-electron chi connectivity index (χ3n) is 1.28. The van der Waals surface area contributed by atoms with Gasteiger partial charge in [-0.25, -0.2) is 0 Å². The third kappa shape index (κ3) is 1.17. The second kappa shape index (κ2) is 2.29. The summed E-state index contributed by atoms with van der Waals surface area (Å²) in [5.41, 5.74) is 0.516. The van der Waals surface area contributed by atoms with E-state index in [0.717, 1.165) is 0 Å². The van der Waals surface area contributed by atoms with E-state index in [-0.39, 0.29) is 6.10 Å². The molecule has 2 atom stereocenters. The molecule has 9 heavy (non-hydrogen) atoms. The second-order valence-electron chi connectivity index (χ2n) is 1.95. The van der Waals surface area contributed by atoms with Gasteiger partial charge in [-0.15, -0.1) is 0 Å². The Kier molecular flexibility index (Phi) is 1.64. The van der Waals surface area contributed by atoms with Crippen molar-refractivity contribution in [2.24, 2.45) is 0 Å². The number of aliphatic hydroxyl groups is 1. The van der Waals surface area contributed by atoms with Gasteiger partial charge in [-0.3, -0.25) is 4.79 Å². The van der Waals surface area contributed by atoms with Crippen molar-refractivity contribution in [1.29, 1.82) is 0 Å². The Morgan fingerprint density at radius 2 is 2.56 bits per heavy atom. The first kappa shape index (κ1) is 6.45. The summed E-state index contributed by atoms with van der Waals surface area (Å²) in [5.74, 6) is 0. The third-order valence-corrected chi connectivity index (χ3v) is 1.28. The van der Waals surface area contributed by atoms with Gasteiger partial charge < -0.3 is 9.84 Å². The van der Waals surface area contributed by atoms with Crippen LogP contribution in [0.2, 0.25) is 0 Å². The van der Waals surface area contributed by atoms with Crippen molar-refractivity contribution in [1.82, 2.24) is 0 Å². The summed E-state index contributed by atoms with van der Waals surface area (Å²) in [6.07, 6.45) is 0.955. The Hall–Kier alpha value is -0.670. The van der Waals surface area contributed by atoms with Crippen LogP contribution in [0.5, 0.6) is 0 Å². The first-order valence-electron chi connectivity index (χ1n) is 2.74. The van der Waals surface area contributed by atoms with Gasteiger partial charge in [0.05, 0.1) is 6.10 Å². The van der Waals surface area contributed by atoms with Gasteiger partial charge in [0.2, 0.25) is 0 Å². The number of aliphatic hydroxyl groups excluding tert-OH is 1. The van der Waals surface area contributed by atoms with E-state index in [4.69, 9.17) is 9.84 Å². The number of carbonyl (C=O) groups excluding carboxylic acids is 1. The molecule has 0 aliphatic carbocycles. The van der Waals surface area contributed by atoms with E-state index in [1.165, 1.54) is 6.08 Å². The lowest BCUT2D eigenvalue weighted by atomic mass is 10.2. The molecule has 50 valence electrons. The van der Waals surface area contributed by atoms with Crippen LogP contribution in [0.15, 0.2) is 11.6 Å². The zero-order valence-corrected chi connectivity index (χ0v) is 5.07. The molecule has 0 spiro atoms. The highest BCUT2D eigenvalue weighted by Crippen LogP contribution is 2.14. The molecule has 0 fully saturated rings. The smallest absolute Gasteiger partial charge is 0.175 e. The number of hydrogen-bond acceptors (Lipinski definition) is 3. The molecule has 0 aromatic carbocycles. The Labute approximate surface area is 52.9 Å². The summed E-state index contributed by atoms with van der Waals surface area (Å²) in [6, 6.07) is 0. The van der Waals surface area contributed by atoms with Gasteiger partial charge in [-0.2, -0.15) is 0 Å². The zero-order chi connectivity index (χ0) is 6.85. The number of rotatable bonds is 1. The van der Waals surface area contributed by atoms with Crippen LogP contribution in [0, 0.1) is 0 Å². The van der Waals surface area contributed by atoms with E-state index in [2.05, 4.69) is 0 Å². The van der Waals surface area contributed by atoms with Crippen molar-refractivity contribution in [3.63, 3.8) is 0 Å². The zero-order valence-electron chi connectivity index (χ0n) is 5.07. The van der Waals surface area contributed by atoms with E-state index >= 15 is 0 Å². The highest BCUT2D eigenvalue weighted by atomic mass is 16.6. The van der Waals surface area contributed by atoms with Crippen molar-refractivity contribution in [2.45, 2.75) is 19.3 Å². The molecule has 1 aliphatic heterocycles. The number of ether oxygens (including phenoxy) is 1. The first-order chi connectivity index (χ1) is 4.24. The fourth-order valence-electron chi connectivity index (χ4n) is 0.762. The van der Waals surface area contributed by atoms with Crippen LogP contribution in [0.25, 0.3) is 0 Å². The van der Waals surface area contributed by atoms with E-state index in [9.17, 15) is 4.79 Å². The molecule has 0 saturated heterocycles. The molecule has 1 rings (SSSR count). The van der Waals surface area contributed by atoms with Crippen LogP contribution in [0.4, 0.5) is 0 Å². The van der Waals surface area contributed by atoms with Crippen LogP contribution in [-0.4, -0.2) is 23.8 Å². The van der Waals surface area contributed by atoms with E-state index < -0.39 is 6.29 Å². The van der Waals surface area contributed by atoms with Gasteiger partial charge in [0.15, 0.2) is 6.29 Å². The van der Waals surface area contributed by atoms with Crippen molar-refractivity contribution >= 4 is 6.29 Å². The summed E-state index contributed by atoms with van der Waals surface area (Å²) < 4.78 is 4.80. The molecule has 0 aromatic rings. The minimum atomic E-state index is -0.889. The van der Waals surface area contributed by atoms with Crippen LogP contribution < -0.4 is 0 Å². The summed E-state index contributed by atoms with van der Waals surface area (Å²) >= 11 is 0. The molecule has 1 N–H and O–H groups in total. The Balaban J connectivity index is 2.68. The molecule has 1 aliphatic rings. The predicted octanol–water partition coefficient (Wildman–Crippen LogP) is -0.151. The van der Waals surface area contributed by atoms with Gasteiger partial charge in [0.25, 0.3) is 0 Å². The van der Waals surface area contributed by atoms with Crippen LogP contribution in [0.1, 0.15) is 6.92 Å². The standard InChI is InChI=1S/C6H8O3/c1-4-5(3-7)2-6(8)9-4/h2-4,6,8H,1H3. The summed E-state index contributed by atoms with van der Waals surface area (Å²) in [5, 5.41) is 8.74. The molecule has 3 nitrogen and oxygen atoms in total. The topological polar surface area (TPSA) is 46.5 Å². The number of hydrogen-bond donors (Lipinski definition) is 1. The molecule has 0 saturated carbocycles. The monoisotopic (exact) mass is 128 g/mol. The number of aldehydes is 1. The van der Waals surface area contributed by atoms with Crippen LogP contribution >= 0.6 is 0 Å². The summed E-state index contributed by atoms with van der Waals surface area (Å²) in [6.45, 7) is 1.72. The molecule has 0 amide bonds. The Morgan fingerprint density at radius 3 is 2.78 bits per heavy atom. The molecule has 2 unspecified atom stereocenters. The van der Waals surface area contributed by atoms with Crippen molar-refractivity contribution < 1.29 is 14.6 Å². The summed E-state index contributed by atoms with van der Waals surface area (Å²) in [4.78, 5) is 10.1. The fraction of sp³-hybridized carbons (Fsp3) is 0.500. The lowest BCUT2D eigenvalue weighted by molar-refractivity contribution is -0.106. The van der Waals surface area contributed by atoms with Gasteiger partial charge in [0, 0.05) is 5.57 Å². The average Bonchev–Trinajstić information content (AvgIpc) is 2.10. The predicted molar refractivity (Wildman–Crippen MR) is 30.7 cm³/mol. The molecular formula is C6H8O3. The lowest BCUT2D eigenvalue weighted by Gasteiger charge is -2.03. The van der Waals surface area contributed by atoms with Crippen molar-refractivity contribution in [3.8, 4) is 0 Å². The normalized spacial score (nSPS) is 34.2. The van der Waals surface area contributed by atoms with Gasteiger partial charge in [0.1, 0.15) is 6.29 Å². The Bertz CT molecular complexity index is 150. The Morgan fingerprint density at radius 1 is 1.89 bits per heavy atom. The molecule has 3 heteroatoms. The first-order valence-corrected chi connectivity index (χ1v) is 2.74. The largest absolute Gasteiger partial charge is 0.365 e. The highest BCUT2D eigenvalue weighted by molar-refractivity contribution is 5.75. The second-order valence-corrected chi connectivity index (χ2v) is 1.95. The van der Waals surface area contributed by atoms with Crippen LogP contribution in [-0.2, 0) is 9.53 Å². The maximum absolute atomic E-state index is 10.1. The average molecular weight is 128 g/mol. The van der Waals surface area contributed by atoms with Gasteiger partial charge in [-0.05, 0) is 13.0 Å². The molecule has 0 aromatic heterocycles. The molecule has 0 bridgehead atoms. The number of carbonyl (C=O) groups is 1. The molecular weight excluding hydrogens is 120 g/mol. The molecule has 0 radical (unpaired) electrons. The van der Waals surface area contributed by atoms with Gasteiger partial charge in [-0.1, -0.05) is 0 Å². The SMILES string of the molecule is CC1OC(O)C=C1C=O. The quantitative estimate of drug-likeness (QED) is 0.499. The maximum Gasteiger partial charge on any atom is 0.175 e.